The maximum absolute atomic E-state index is 12.2. The summed E-state index contributed by atoms with van der Waals surface area (Å²) >= 11 is 0. The van der Waals surface area contributed by atoms with Crippen molar-refractivity contribution < 1.29 is 14.3 Å². The molecule has 1 N–H and O–H groups in total. The van der Waals surface area contributed by atoms with Gasteiger partial charge in [-0.05, 0) is 43.2 Å². The van der Waals surface area contributed by atoms with E-state index in [0.717, 1.165) is 5.56 Å². The normalized spacial score (nSPS) is 13.7. The van der Waals surface area contributed by atoms with Crippen LogP contribution < -0.4 is 5.32 Å². The number of amides is 1. The molecule has 2 aromatic carbocycles. The zero-order valence-electron chi connectivity index (χ0n) is 14.0. The van der Waals surface area contributed by atoms with Gasteiger partial charge in [0, 0.05) is 6.61 Å². The summed E-state index contributed by atoms with van der Waals surface area (Å²) in [4.78, 5) is 12.2. The lowest BCUT2D eigenvalue weighted by Crippen LogP contribution is -2.36. The monoisotopic (exact) mass is 315 g/mol. The second kappa shape index (κ2) is 8.65. The highest BCUT2D eigenvalue weighted by atomic mass is 16.5. The Morgan fingerprint density at radius 2 is 1.83 bits per heavy atom. The molecular formula is C19H25NO3. The third kappa shape index (κ3) is 5.05. The Morgan fingerprint density at radius 1 is 1.09 bits per heavy atom. The number of ether oxygens (including phenoxy) is 2. The van der Waals surface area contributed by atoms with Gasteiger partial charge in [-0.25, -0.2) is 0 Å². The third-order valence-electron chi connectivity index (χ3n) is 3.80. The standard InChI is InChI=1S/C19H25NO3/c1-4-22-11-12-23-15(3)19(21)20-14(2)17-10-9-16-7-5-6-8-18(16)13-17/h5-10,13-15H,4,11-12H2,1-3H3,(H,20,21)/t14-,15+/m1/s1. The fourth-order valence-electron chi connectivity index (χ4n) is 2.40. The predicted molar refractivity (Wildman–Crippen MR) is 92.4 cm³/mol. The predicted octanol–water partition coefficient (Wildman–Crippen LogP) is 3.46. The Labute approximate surface area is 137 Å². The topological polar surface area (TPSA) is 47.6 Å². The van der Waals surface area contributed by atoms with E-state index in [9.17, 15) is 4.79 Å². The van der Waals surface area contributed by atoms with Crippen LogP contribution in [0.4, 0.5) is 0 Å². The number of hydrogen-bond donors (Lipinski definition) is 1. The molecular weight excluding hydrogens is 290 g/mol. The van der Waals surface area contributed by atoms with E-state index in [2.05, 4.69) is 29.6 Å². The Kier molecular flexibility index (Phi) is 6.56. The van der Waals surface area contributed by atoms with Crippen molar-refractivity contribution in [2.24, 2.45) is 0 Å². The minimum atomic E-state index is -0.488. The van der Waals surface area contributed by atoms with Crippen molar-refractivity contribution in [2.45, 2.75) is 32.9 Å². The molecule has 0 aromatic heterocycles. The molecule has 0 spiro atoms. The lowest BCUT2D eigenvalue weighted by Gasteiger charge is -2.18. The van der Waals surface area contributed by atoms with Gasteiger partial charge >= 0.3 is 0 Å². The fraction of sp³-hybridized carbons (Fsp3) is 0.421. The quantitative estimate of drug-likeness (QED) is 0.759. The molecule has 0 fully saturated rings. The van der Waals surface area contributed by atoms with Gasteiger partial charge in [0.25, 0.3) is 0 Å². The van der Waals surface area contributed by atoms with E-state index in [4.69, 9.17) is 9.47 Å². The average molecular weight is 315 g/mol. The third-order valence-corrected chi connectivity index (χ3v) is 3.80. The highest BCUT2D eigenvalue weighted by Crippen LogP contribution is 2.20. The lowest BCUT2D eigenvalue weighted by molar-refractivity contribution is -0.133. The molecule has 0 saturated carbocycles. The van der Waals surface area contributed by atoms with Crippen LogP contribution in [0.1, 0.15) is 32.4 Å². The summed E-state index contributed by atoms with van der Waals surface area (Å²) in [6, 6.07) is 14.4. The first kappa shape index (κ1) is 17.4. The van der Waals surface area contributed by atoms with Crippen LogP contribution in [0.25, 0.3) is 10.8 Å². The number of rotatable bonds is 8. The molecule has 2 rings (SSSR count). The maximum Gasteiger partial charge on any atom is 0.249 e. The lowest BCUT2D eigenvalue weighted by atomic mass is 10.0. The van der Waals surface area contributed by atoms with Gasteiger partial charge in [0.15, 0.2) is 0 Å². The first-order valence-corrected chi connectivity index (χ1v) is 8.10. The van der Waals surface area contributed by atoms with Crippen molar-refractivity contribution in [3.63, 3.8) is 0 Å². The smallest absolute Gasteiger partial charge is 0.249 e. The Morgan fingerprint density at radius 3 is 2.57 bits per heavy atom. The van der Waals surface area contributed by atoms with E-state index in [0.29, 0.717) is 19.8 Å². The van der Waals surface area contributed by atoms with Gasteiger partial charge in [-0.15, -0.1) is 0 Å². The summed E-state index contributed by atoms with van der Waals surface area (Å²) in [7, 11) is 0. The number of fused-ring (bicyclic) bond motifs is 1. The molecule has 0 aliphatic carbocycles. The number of carbonyl (C=O) groups excluding carboxylic acids is 1. The van der Waals surface area contributed by atoms with Gasteiger partial charge < -0.3 is 14.8 Å². The Balaban J connectivity index is 1.91. The van der Waals surface area contributed by atoms with E-state index < -0.39 is 6.10 Å². The van der Waals surface area contributed by atoms with Crippen molar-refractivity contribution in [2.75, 3.05) is 19.8 Å². The van der Waals surface area contributed by atoms with E-state index in [1.807, 2.05) is 32.0 Å². The molecule has 124 valence electrons. The molecule has 0 saturated heterocycles. The van der Waals surface area contributed by atoms with Crippen LogP contribution in [-0.4, -0.2) is 31.8 Å². The van der Waals surface area contributed by atoms with Gasteiger partial charge in [-0.3, -0.25) is 4.79 Å². The molecule has 0 unspecified atom stereocenters. The zero-order valence-corrected chi connectivity index (χ0v) is 14.0. The zero-order chi connectivity index (χ0) is 16.7. The number of nitrogens with one attached hydrogen (secondary N) is 1. The molecule has 4 heteroatoms. The fourth-order valence-corrected chi connectivity index (χ4v) is 2.40. The second-order valence-corrected chi connectivity index (χ2v) is 5.55. The van der Waals surface area contributed by atoms with Gasteiger partial charge in [0.05, 0.1) is 19.3 Å². The van der Waals surface area contributed by atoms with Crippen molar-refractivity contribution in [1.29, 1.82) is 0 Å². The second-order valence-electron chi connectivity index (χ2n) is 5.55. The molecule has 1 amide bonds. The highest BCUT2D eigenvalue weighted by molar-refractivity contribution is 5.84. The minimum absolute atomic E-state index is 0.0648. The summed E-state index contributed by atoms with van der Waals surface area (Å²) < 4.78 is 10.7. The summed E-state index contributed by atoms with van der Waals surface area (Å²) in [5.74, 6) is -0.109. The van der Waals surface area contributed by atoms with Crippen LogP contribution >= 0.6 is 0 Å². The molecule has 0 heterocycles. The van der Waals surface area contributed by atoms with E-state index in [1.165, 1.54) is 10.8 Å². The molecule has 0 radical (unpaired) electrons. The molecule has 2 atom stereocenters. The number of carbonyl (C=O) groups is 1. The Hall–Kier alpha value is -1.91. The van der Waals surface area contributed by atoms with Crippen LogP contribution in [0.3, 0.4) is 0 Å². The van der Waals surface area contributed by atoms with Gasteiger partial charge in [0.2, 0.25) is 5.91 Å². The summed E-state index contributed by atoms with van der Waals surface area (Å²) in [5.41, 5.74) is 1.08. The summed E-state index contributed by atoms with van der Waals surface area (Å²) in [6.07, 6.45) is -0.488. The summed E-state index contributed by atoms with van der Waals surface area (Å²) in [6.45, 7) is 7.26. The first-order valence-electron chi connectivity index (χ1n) is 8.10. The van der Waals surface area contributed by atoms with E-state index in [1.54, 1.807) is 6.92 Å². The number of hydrogen-bond acceptors (Lipinski definition) is 3. The molecule has 0 aliphatic heterocycles. The molecule has 0 bridgehead atoms. The summed E-state index contributed by atoms with van der Waals surface area (Å²) in [5, 5.41) is 5.37. The van der Waals surface area contributed by atoms with Crippen molar-refractivity contribution in [3.05, 3.63) is 48.0 Å². The van der Waals surface area contributed by atoms with Gasteiger partial charge in [-0.1, -0.05) is 36.4 Å². The molecule has 0 aliphatic rings. The van der Waals surface area contributed by atoms with Crippen LogP contribution in [0.5, 0.6) is 0 Å². The molecule has 4 nitrogen and oxygen atoms in total. The first-order chi connectivity index (χ1) is 11.1. The van der Waals surface area contributed by atoms with Gasteiger partial charge in [0.1, 0.15) is 6.10 Å². The largest absolute Gasteiger partial charge is 0.379 e. The highest BCUT2D eigenvalue weighted by Gasteiger charge is 2.16. The van der Waals surface area contributed by atoms with Crippen molar-refractivity contribution in [3.8, 4) is 0 Å². The van der Waals surface area contributed by atoms with Crippen LogP contribution in [0.2, 0.25) is 0 Å². The van der Waals surface area contributed by atoms with Crippen LogP contribution in [0.15, 0.2) is 42.5 Å². The van der Waals surface area contributed by atoms with Crippen LogP contribution in [0, 0.1) is 0 Å². The van der Waals surface area contributed by atoms with Crippen LogP contribution in [-0.2, 0) is 14.3 Å². The van der Waals surface area contributed by atoms with Gasteiger partial charge in [-0.2, -0.15) is 0 Å². The van der Waals surface area contributed by atoms with E-state index >= 15 is 0 Å². The number of benzene rings is 2. The molecule has 2 aromatic rings. The average Bonchev–Trinajstić information content (AvgIpc) is 2.58. The maximum atomic E-state index is 12.2. The minimum Gasteiger partial charge on any atom is -0.379 e. The van der Waals surface area contributed by atoms with E-state index in [-0.39, 0.29) is 11.9 Å². The Bertz CT molecular complexity index is 641. The SMILES string of the molecule is CCOCCO[C@@H](C)C(=O)N[C@H](C)c1ccc2ccccc2c1. The molecule has 23 heavy (non-hydrogen) atoms. The van der Waals surface area contributed by atoms with Crippen molar-refractivity contribution >= 4 is 16.7 Å². The van der Waals surface area contributed by atoms with Crippen molar-refractivity contribution in [1.82, 2.24) is 5.32 Å².